The molecule has 0 aliphatic heterocycles. The van der Waals surface area contributed by atoms with Gasteiger partial charge in [-0.25, -0.2) is 14.2 Å². The topological polar surface area (TPSA) is 68.7 Å². The van der Waals surface area contributed by atoms with E-state index in [1.165, 1.54) is 24.4 Å². The fraction of sp³-hybridized carbons (Fsp3) is 0.200. The van der Waals surface area contributed by atoms with Gasteiger partial charge < -0.3 is 14.6 Å². The second kappa shape index (κ2) is 8.22. The van der Waals surface area contributed by atoms with Crippen molar-refractivity contribution in [2.24, 2.45) is 0 Å². The predicted molar refractivity (Wildman–Crippen MR) is 100 cm³/mol. The number of fused-ring (bicyclic) bond motifs is 1. The van der Waals surface area contributed by atoms with Crippen molar-refractivity contribution in [3.63, 3.8) is 0 Å². The first kappa shape index (κ1) is 18.9. The third-order valence-corrected chi connectivity index (χ3v) is 4.18. The molecular weight excluding hydrogens is 373 g/mol. The number of aromatic nitrogens is 1. The van der Waals surface area contributed by atoms with E-state index >= 15 is 0 Å². The number of carbonyl (C=O) groups excluding carboxylic acids is 1. The summed E-state index contributed by atoms with van der Waals surface area (Å²) >= 11 is 5.75. The molecule has 0 bridgehead atoms. The summed E-state index contributed by atoms with van der Waals surface area (Å²) in [6.45, 7) is 2.25. The highest BCUT2D eigenvalue weighted by Gasteiger charge is 2.17. The van der Waals surface area contributed by atoms with Crippen molar-refractivity contribution in [1.82, 2.24) is 4.98 Å². The first-order chi connectivity index (χ1) is 13.0. The van der Waals surface area contributed by atoms with Gasteiger partial charge in [0, 0.05) is 23.0 Å². The number of nitrogens with zero attached hydrogens (tertiary/aromatic N) is 1. The molecule has 0 saturated heterocycles. The molecule has 7 heteroatoms. The minimum absolute atomic E-state index is 0.0579. The van der Waals surface area contributed by atoms with Crippen molar-refractivity contribution in [2.45, 2.75) is 19.8 Å². The number of esters is 1. The molecule has 3 rings (SSSR count). The van der Waals surface area contributed by atoms with Crippen molar-refractivity contribution in [3.05, 3.63) is 59.1 Å². The second-order valence-electron chi connectivity index (χ2n) is 5.87. The van der Waals surface area contributed by atoms with Crippen LogP contribution in [0.3, 0.4) is 0 Å². The number of aromatic hydroxyl groups is 1. The highest BCUT2D eigenvalue weighted by Crippen LogP contribution is 2.33. The van der Waals surface area contributed by atoms with Crippen LogP contribution in [-0.4, -0.2) is 22.7 Å². The molecule has 0 fully saturated rings. The average molecular weight is 390 g/mol. The maximum atomic E-state index is 13.3. The molecule has 1 aromatic heterocycles. The molecule has 3 aromatic rings. The molecular formula is C20H17ClFNO4. The minimum atomic E-state index is -0.681. The van der Waals surface area contributed by atoms with Gasteiger partial charge in [0.25, 0.3) is 0 Å². The van der Waals surface area contributed by atoms with Crippen molar-refractivity contribution < 1.29 is 23.8 Å². The lowest BCUT2D eigenvalue weighted by atomic mass is 10.1. The van der Waals surface area contributed by atoms with Gasteiger partial charge in [0.15, 0.2) is 11.4 Å². The van der Waals surface area contributed by atoms with Gasteiger partial charge >= 0.3 is 5.97 Å². The van der Waals surface area contributed by atoms with E-state index in [1.54, 1.807) is 18.2 Å². The molecule has 140 valence electrons. The Morgan fingerprint density at radius 2 is 1.96 bits per heavy atom. The standard InChI is InChI=1S/C20H17ClFNO4/c1-2-3-8-26-20(25)18-19(24)15-9-13(5-4-12(15)11-23-18)27-14-6-7-17(22)16(21)10-14/h4-7,9-11,24H,2-3,8H2,1H3. The largest absolute Gasteiger partial charge is 0.505 e. The lowest BCUT2D eigenvalue weighted by molar-refractivity contribution is 0.0489. The maximum absolute atomic E-state index is 13.3. The van der Waals surface area contributed by atoms with E-state index in [2.05, 4.69) is 4.98 Å². The molecule has 0 aliphatic carbocycles. The summed E-state index contributed by atoms with van der Waals surface area (Å²) in [7, 11) is 0. The van der Waals surface area contributed by atoms with Gasteiger partial charge in [-0.3, -0.25) is 0 Å². The normalized spacial score (nSPS) is 10.8. The number of rotatable bonds is 6. The van der Waals surface area contributed by atoms with Gasteiger partial charge in [-0.15, -0.1) is 0 Å². The number of pyridine rings is 1. The Kier molecular flexibility index (Phi) is 5.76. The third-order valence-electron chi connectivity index (χ3n) is 3.89. The highest BCUT2D eigenvalue weighted by molar-refractivity contribution is 6.30. The van der Waals surface area contributed by atoms with Crippen LogP contribution in [-0.2, 0) is 4.74 Å². The van der Waals surface area contributed by atoms with E-state index in [4.69, 9.17) is 21.1 Å². The quantitative estimate of drug-likeness (QED) is 0.446. The molecule has 2 aromatic carbocycles. The van der Waals surface area contributed by atoms with Crippen LogP contribution in [0.4, 0.5) is 4.39 Å². The van der Waals surface area contributed by atoms with E-state index < -0.39 is 11.8 Å². The predicted octanol–water partition coefficient (Wildman–Crippen LogP) is 5.48. The molecule has 0 amide bonds. The number of carbonyl (C=O) groups is 1. The first-order valence-electron chi connectivity index (χ1n) is 8.41. The monoisotopic (exact) mass is 389 g/mol. The van der Waals surface area contributed by atoms with Crippen LogP contribution < -0.4 is 4.74 Å². The summed E-state index contributed by atoms with van der Waals surface area (Å²) in [5, 5.41) is 11.4. The molecule has 1 N–H and O–H groups in total. The van der Waals surface area contributed by atoms with E-state index in [1.807, 2.05) is 6.92 Å². The van der Waals surface area contributed by atoms with Gasteiger partial charge in [-0.2, -0.15) is 0 Å². The molecule has 27 heavy (non-hydrogen) atoms. The molecule has 0 atom stereocenters. The Morgan fingerprint density at radius 3 is 2.70 bits per heavy atom. The summed E-state index contributed by atoms with van der Waals surface area (Å²) in [4.78, 5) is 16.1. The first-order valence-corrected chi connectivity index (χ1v) is 8.79. The van der Waals surface area contributed by atoms with Crippen molar-refractivity contribution >= 4 is 28.3 Å². The summed E-state index contributed by atoms with van der Waals surface area (Å²) in [5.41, 5.74) is -0.152. The van der Waals surface area contributed by atoms with Crippen molar-refractivity contribution in [2.75, 3.05) is 6.61 Å². The number of unbranched alkanes of at least 4 members (excludes halogenated alkanes) is 1. The lowest BCUT2D eigenvalue weighted by Gasteiger charge is -2.10. The Bertz CT molecular complexity index is 993. The summed E-state index contributed by atoms with van der Waals surface area (Å²) in [6.07, 6.45) is 3.10. The fourth-order valence-corrected chi connectivity index (χ4v) is 2.61. The SMILES string of the molecule is CCCCOC(=O)c1ncc2ccc(Oc3ccc(F)c(Cl)c3)cc2c1O. The number of hydrogen-bond donors (Lipinski definition) is 1. The lowest BCUT2D eigenvalue weighted by Crippen LogP contribution is -2.08. The molecule has 0 spiro atoms. The highest BCUT2D eigenvalue weighted by atomic mass is 35.5. The van der Waals surface area contributed by atoms with E-state index in [0.717, 1.165) is 12.8 Å². The van der Waals surface area contributed by atoms with Crippen LogP contribution in [0, 0.1) is 5.82 Å². The zero-order valence-corrected chi connectivity index (χ0v) is 15.3. The van der Waals surface area contributed by atoms with E-state index in [9.17, 15) is 14.3 Å². The summed E-state index contributed by atoms with van der Waals surface area (Å²) in [6, 6.07) is 8.91. The van der Waals surface area contributed by atoms with Crippen LogP contribution in [0.2, 0.25) is 5.02 Å². The van der Waals surface area contributed by atoms with Crippen LogP contribution in [0.5, 0.6) is 17.2 Å². The average Bonchev–Trinajstić information content (AvgIpc) is 2.65. The number of ether oxygens (including phenoxy) is 2. The van der Waals surface area contributed by atoms with Gasteiger partial charge in [0.2, 0.25) is 0 Å². The van der Waals surface area contributed by atoms with Gasteiger partial charge in [-0.1, -0.05) is 24.9 Å². The summed E-state index contributed by atoms with van der Waals surface area (Å²) in [5.74, 6) is -0.779. The molecule has 5 nitrogen and oxygen atoms in total. The van der Waals surface area contributed by atoms with Gasteiger partial charge in [0.1, 0.15) is 17.3 Å². The molecule has 0 saturated carbocycles. The van der Waals surface area contributed by atoms with E-state index in [-0.39, 0.29) is 23.1 Å². The Hall–Kier alpha value is -2.86. The third kappa shape index (κ3) is 4.28. The molecule has 1 heterocycles. The zero-order chi connectivity index (χ0) is 19.4. The van der Waals surface area contributed by atoms with Crippen LogP contribution >= 0.6 is 11.6 Å². The Balaban J connectivity index is 1.89. The van der Waals surface area contributed by atoms with Crippen molar-refractivity contribution in [1.29, 1.82) is 0 Å². The smallest absolute Gasteiger partial charge is 0.360 e. The molecule has 0 unspecified atom stereocenters. The number of hydrogen-bond acceptors (Lipinski definition) is 5. The van der Waals surface area contributed by atoms with Crippen LogP contribution in [0.1, 0.15) is 30.3 Å². The molecule has 0 radical (unpaired) electrons. The van der Waals surface area contributed by atoms with Gasteiger partial charge in [0.05, 0.1) is 11.6 Å². The molecule has 0 aliphatic rings. The number of benzene rings is 2. The zero-order valence-electron chi connectivity index (χ0n) is 14.5. The Morgan fingerprint density at radius 1 is 1.22 bits per heavy atom. The van der Waals surface area contributed by atoms with E-state index in [0.29, 0.717) is 22.3 Å². The summed E-state index contributed by atoms with van der Waals surface area (Å²) < 4.78 is 24.0. The van der Waals surface area contributed by atoms with Gasteiger partial charge in [-0.05, 0) is 36.8 Å². The van der Waals surface area contributed by atoms with Crippen LogP contribution in [0.15, 0.2) is 42.6 Å². The second-order valence-corrected chi connectivity index (χ2v) is 6.28. The van der Waals surface area contributed by atoms with Crippen LogP contribution in [0.25, 0.3) is 10.8 Å². The maximum Gasteiger partial charge on any atom is 0.360 e. The number of halogens is 2. The fourth-order valence-electron chi connectivity index (χ4n) is 2.44. The van der Waals surface area contributed by atoms with Crippen molar-refractivity contribution in [3.8, 4) is 17.2 Å². The Labute approximate surface area is 160 Å². The minimum Gasteiger partial charge on any atom is -0.505 e.